The summed E-state index contributed by atoms with van der Waals surface area (Å²) >= 11 is 0. The van der Waals surface area contributed by atoms with Crippen molar-refractivity contribution in [3.05, 3.63) is 47.8 Å². The minimum Gasteiger partial charge on any atom is -0.496 e. The Morgan fingerprint density at radius 2 is 2.14 bits per heavy atom. The smallest absolute Gasteiger partial charge is 0.335 e. The number of carbonyl (C=O) groups is 1. The molecular weight excluding hydrogens is 277 g/mol. The Kier molecular flexibility index (Phi) is 3.06. The van der Waals surface area contributed by atoms with Gasteiger partial charge < -0.3 is 14.3 Å². The molecule has 0 bridgehead atoms. The first-order valence-corrected chi connectivity index (χ1v) is 6.07. The third-order valence-electron chi connectivity index (χ3n) is 3.04. The predicted octanol–water partition coefficient (Wildman–Crippen LogP) is 3.34. The average Bonchev–Trinajstić information content (AvgIpc) is 2.88. The lowest BCUT2D eigenvalue weighted by atomic mass is 10.2. The zero-order valence-corrected chi connectivity index (χ0v) is 11.0. The Morgan fingerprint density at radius 1 is 1.33 bits per heavy atom. The van der Waals surface area contributed by atoms with E-state index in [4.69, 9.17) is 14.3 Å². The zero-order chi connectivity index (χ0) is 15.0. The van der Waals surface area contributed by atoms with Crippen molar-refractivity contribution in [1.29, 1.82) is 0 Å². The molecule has 0 saturated carbocycles. The van der Waals surface area contributed by atoms with Gasteiger partial charge in [-0.3, -0.25) is 0 Å². The summed E-state index contributed by atoms with van der Waals surface area (Å²) in [7, 11) is 1.42. The van der Waals surface area contributed by atoms with E-state index in [9.17, 15) is 9.18 Å². The van der Waals surface area contributed by atoms with Crippen LogP contribution in [-0.4, -0.2) is 23.2 Å². The molecule has 5 nitrogen and oxygen atoms in total. The number of ether oxygens (including phenoxy) is 1. The van der Waals surface area contributed by atoms with Gasteiger partial charge >= 0.3 is 5.97 Å². The SMILES string of the molecule is COc1cccc(F)c1-c1nc2ccc(C(=O)O)cc2o1. The molecule has 106 valence electrons. The number of rotatable bonds is 3. The highest BCUT2D eigenvalue weighted by Gasteiger charge is 2.18. The summed E-state index contributed by atoms with van der Waals surface area (Å²) in [6.45, 7) is 0. The number of benzene rings is 2. The predicted molar refractivity (Wildman–Crippen MR) is 72.9 cm³/mol. The van der Waals surface area contributed by atoms with Crippen molar-refractivity contribution in [2.75, 3.05) is 7.11 Å². The Hall–Kier alpha value is -2.89. The summed E-state index contributed by atoms with van der Waals surface area (Å²) in [6, 6.07) is 8.66. The molecule has 3 rings (SSSR count). The van der Waals surface area contributed by atoms with Crippen molar-refractivity contribution in [1.82, 2.24) is 4.98 Å². The number of fused-ring (bicyclic) bond motifs is 1. The van der Waals surface area contributed by atoms with Crippen LogP contribution >= 0.6 is 0 Å². The second-order valence-corrected chi connectivity index (χ2v) is 4.32. The van der Waals surface area contributed by atoms with Gasteiger partial charge in [0.2, 0.25) is 5.89 Å². The number of nitrogens with zero attached hydrogens (tertiary/aromatic N) is 1. The molecule has 0 amide bonds. The van der Waals surface area contributed by atoms with E-state index in [2.05, 4.69) is 4.98 Å². The monoisotopic (exact) mass is 287 g/mol. The quantitative estimate of drug-likeness (QED) is 0.799. The Balaban J connectivity index is 2.20. The lowest BCUT2D eigenvalue weighted by Crippen LogP contribution is -1.94. The van der Waals surface area contributed by atoms with E-state index in [0.29, 0.717) is 11.3 Å². The van der Waals surface area contributed by atoms with Crippen LogP contribution in [0.3, 0.4) is 0 Å². The first kappa shape index (κ1) is 13.1. The number of methoxy groups -OCH3 is 1. The van der Waals surface area contributed by atoms with Crippen molar-refractivity contribution < 1.29 is 23.4 Å². The first-order chi connectivity index (χ1) is 10.1. The molecule has 1 N–H and O–H groups in total. The number of aromatic nitrogens is 1. The van der Waals surface area contributed by atoms with E-state index >= 15 is 0 Å². The van der Waals surface area contributed by atoms with Gasteiger partial charge in [0.25, 0.3) is 0 Å². The van der Waals surface area contributed by atoms with Gasteiger partial charge in [0.1, 0.15) is 22.6 Å². The van der Waals surface area contributed by atoms with E-state index in [1.165, 1.54) is 37.4 Å². The number of oxazole rings is 1. The number of carboxylic acids is 1. The fraction of sp³-hybridized carbons (Fsp3) is 0.0667. The minimum absolute atomic E-state index is 0.0440. The molecule has 0 atom stereocenters. The molecule has 1 heterocycles. The third-order valence-corrected chi connectivity index (χ3v) is 3.04. The fourth-order valence-electron chi connectivity index (χ4n) is 2.05. The summed E-state index contributed by atoms with van der Waals surface area (Å²) in [5.41, 5.74) is 0.897. The van der Waals surface area contributed by atoms with E-state index in [1.807, 2.05) is 0 Å². The summed E-state index contributed by atoms with van der Waals surface area (Å²) in [5.74, 6) is -1.26. The van der Waals surface area contributed by atoms with Crippen molar-refractivity contribution in [3.8, 4) is 17.2 Å². The van der Waals surface area contributed by atoms with Crippen LogP contribution < -0.4 is 4.74 Å². The second-order valence-electron chi connectivity index (χ2n) is 4.32. The topological polar surface area (TPSA) is 72.6 Å². The van der Waals surface area contributed by atoms with Crippen molar-refractivity contribution in [2.45, 2.75) is 0 Å². The van der Waals surface area contributed by atoms with Crippen LogP contribution in [0.4, 0.5) is 4.39 Å². The van der Waals surface area contributed by atoms with Gasteiger partial charge in [-0.15, -0.1) is 0 Å². The maximum absolute atomic E-state index is 14.0. The molecule has 0 spiro atoms. The summed E-state index contributed by atoms with van der Waals surface area (Å²) in [4.78, 5) is 15.1. The van der Waals surface area contributed by atoms with E-state index < -0.39 is 11.8 Å². The Labute approximate surface area is 118 Å². The Morgan fingerprint density at radius 3 is 2.86 bits per heavy atom. The molecule has 0 aliphatic rings. The number of hydrogen-bond donors (Lipinski definition) is 1. The first-order valence-electron chi connectivity index (χ1n) is 6.07. The van der Waals surface area contributed by atoms with E-state index in [-0.39, 0.29) is 22.6 Å². The zero-order valence-electron chi connectivity index (χ0n) is 11.0. The lowest BCUT2D eigenvalue weighted by Gasteiger charge is -2.05. The van der Waals surface area contributed by atoms with Gasteiger partial charge in [0, 0.05) is 0 Å². The van der Waals surface area contributed by atoms with Crippen molar-refractivity contribution in [2.24, 2.45) is 0 Å². The van der Waals surface area contributed by atoms with Crippen LogP contribution in [-0.2, 0) is 0 Å². The molecule has 0 fully saturated rings. The van der Waals surface area contributed by atoms with Gasteiger partial charge in [-0.2, -0.15) is 0 Å². The molecule has 6 heteroatoms. The number of halogens is 1. The van der Waals surface area contributed by atoms with Crippen LogP contribution in [0.5, 0.6) is 5.75 Å². The van der Waals surface area contributed by atoms with Crippen LogP contribution in [0.25, 0.3) is 22.6 Å². The molecule has 0 aliphatic heterocycles. The minimum atomic E-state index is -1.07. The van der Waals surface area contributed by atoms with Gasteiger partial charge in [-0.25, -0.2) is 14.2 Å². The highest BCUT2D eigenvalue weighted by atomic mass is 19.1. The molecule has 0 radical (unpaired) electrons. The van der Waals surface area contributed by atoms with Crippen LogP contribution in [0.15, 0.2) is 40.8 Å². The molecular formula is C15H10FNO4. The summed E-state index contributed by atoms with van der Waals surface area (Å²) in [6.07, 6.45) is 0. The van der Waals surface area contributed by atoms with Crippen LogP contribution in [0.1, 0.15) is 10.4 Å². The normalized spacial score (nSPS) is 10.8. The Bertz CT molecular complexity index is 841. The fourth-order valence-corrected chi connectivity index (χ4v) is 2.05. The van der Waals surface area contributed by atoms with Crippen LogP contribution in [0.2, 0.25) is 0 Å². The molecule has 2 aromatic carbocycles. The highest BCUT2D eigenvalue weighted by molar-refractivity contribution is 5.92. The summed E-state index contributed by atoms with van der Waals surface area (Å²) < 4.78 is 24.6. The van der Waals surface area contributed by atoms with Gasteiger partial charge in [-0.1, -0.05) is 6.07 Å². The average molecular weight is 287 g/mol. The lowest BCUT2D eigenvalue weighted by molar-refractivity contribution is 0.0697. The maximum atomic E-state index is 14.0. The standard InChI is InChI=1S/C15H10FNO4/c1-20-11-4-2-3-9(16)13(11)14-17-10-6-5-8(15(18)19)7-12(10)21-14/h2-7H,1H3,(H,18,19). The number of carboxylic acid groups (broad SMARTS) is 1. The van der Waals surface area contributed by atoms with Crippen LogP contribution in [0, 0.1) is 5.82 Å². The second kappa shape index (κ2) is 4.90. The van der Waals surface area contributed by atoms with Crippen molar-refractivity contribution in [3.63, 3.8) is 0 Å². The molecule has 21 heavy (non-hydrogen) atoms. The molecule has 0 saturated heterocycles. The molecule has 1 aromatic heterocycles. The van der Waals surface area contributed by atoms with Gasteiger partial charge in [-0.05, 0) is 30.3 Å². The molecule has 3 aromatic rings. The van der Waals surface area contributed by atoms with E-state index in [0.717, 1.165) is 0 Å². The number of hydrogen-bond acceptors (Lipinski definition) is 4. The molecule has 0 aliphatic carbocycles. The largest absolute Gasteiger partial charge is 0.496 e. The van der Waals surface area contributed by atoms with E-state index in [1.54, 1.807) is 6.07 Å². The van der Waals surface area contributed by atoms with Gasteiger partial charge in [0.15, 0.2) is 5.58 Å². The van der Waals surface area contributed by atoms with Gasteiger partial charge in [0.05, 0.1) is 12.7 Å². The summed E-state index contributed by atoms with van der Waals surface area (Å²) in [5, 5.41) is 8.95. The molecule has 0 unspecified atom stereocenters. The van der Waals surface area contributed by atoms with Crippen molar-refractivity contribution >= 4 is 17.1 Å². The maximum Gasteiger partial charge on any atom is 0.335 e. The highest BCUT2D eigenvalue weighted by Crippen LogP contribution is 2.33. The third kappa shape index (κ3) is 2.20. The number of aromatic carboxylic acids is 1.